The number of nitrogens with zero attached hydrogens (tertiary/aromatic N) is 2. The van der Waals surface area contributed by atoms with Crippen molar-refractivity contribution < 1.29 is 4.79 Å². The molecule has 142 valence electrons. The van der Waals surface area contributed by atoms with Gasteiger partial charge in [-0.1, -0.05) is 36.4 Å². The molecular weight excluding hydrogens is 334 g/mol. The van der Waals surface area contributed by atoms with Crippen molar-refractivity contribution in [1.82, 2.24) is 10.3 Å². The molecule has 1 N–H and O–H groups in total. The number of hydrogen-bond acceptors (Lipinski definition) is 3. The van der Waals surface area contributed by atoms with Crippen LogP contribution in [-0.2, 0) is 11.2 Å². The van der Waals surface area contributed by atoms with E-state index in [9.17, 15) is 4.79 Å². The molecule has 27 heavy (non-hydrogen) atoms. The van der Waals surface area contributed by atoms with Crippen molar-refractivity contribution >= 4 is 11.7 Å². The van der Waals surface area contributed by atoms with Crippen LogP contribution in [0.3, 0.4) is 0 Å². The first kappa shape index (κ1) is 18.2. The van der Waals surface area contributed by atoms with Crippen LogP contribution in [0.25, 0.3) is 0 Å². The number of carbonyl (C=O) groups excluding carboxylic acids is 1. The smallest absolute Gasteiger partial charge is 0.231 e. The highest BCUT2D eigenvalue weighted by molar-refractivity contribution is 5.96. The molecule has 2 heterocycles. The minimum Gasteiger partial charge on any atom is -0.316 e. The molecule has 1 amide bonds. The Bertz CT molecular complexity index is 724. The quantitative estimate of drug-likeness (QED) is 0.813. The van der Waals surface area contributed by atoms with Crippen LogP contribution in [0.2, 0.25) is 0 Å². The van der Waals surface area contributed by atoms with Gasteiger partial charge in [0.1, 0.15) is 5.82 Å². The molecule has 0 bridgehead atoms. The molecule has 2 unspecified atom stereocenters. The summed E-state index contributed by atoms with van der Waals surface area (Å²) in [4.78, 5) is 19.9. The first-order chi connectivity index (χ1) is 13.3. The highest BCUT2D eigenvalue weighted by Crippen LogP contribution is 2.36. The Labute approximate surface area is 162 Å². The molecule has 4 heteroatoms. The van der Waals surface area contributed by atoms with Crippen molar-refractivity contribution in [3.8, 4) is 0 Å². The van der Waals surface area contributed by atoms with Crippen molar-refractivity contribution in [2.75, 3.05) is 18.0 Å². The summed E-state index contributed by atoms with van der Waals surface area (Å²) in [6.45, 7) is 2.07. The zero-order valence-electron chi connectivity index (χ0n) is 15.9. The standard InChI is InChI=1S/C23H29N3O/c27-23(19-12-13-19)26(22-10-4-5-16-25-22)21(20-9-6-15-24-17-20)14-11-18-7-2-1-3-8-18/h1-5,7-8,10,16,19-21,24H,6,9,11-15,17H2. The summed E-state index contributed by atoms with van der Waals surface area (Å²) in [6.07, 6.45) is 8.17. The summed E-state index contributed by atoms with van der Waals surface area (Å²) < 4.78 is 0. The predicted octanol–water partition coefficient (Wildman–Crippen LogP) is 3.83. The first-order valence-electron chi connectivity index (χ1n) is 10.3. The van der Waals surface area contributed by atoms with E-state index >= 15 is 0 Å². The van der Waals surface area contributed by atoms with Gasteiger partial charge in [-0.05, 0) is 75.2 Å². The molecule has 1 aliphatic carbocycles. The van der Waals surface area contributed by atoms with Gasteiger partial charge in [-0.25, -0.2) is 4.98 Å². The fraction of sp³-hybridized carbons (Fsp3) is 0.478. The molecule has 1 aliphatic heterocycles. The van der Waals surface area contributed by atoms with Crippen molar-refractivity contribution in [3.05, 3.63) is 60.3 Å². The van der Waals surface area contributed by atoms with Gasteiger partial charge in [0, 0.05) is 18.2 Å². The highest BCUT2D eigenvalue weighted by Gasteiger charge is 2.40. The van der Waals surface area contributed by atoms with Crippen molar-refractivity contribution in [1.29, 1.82) is 0 Å². The van der Waals surface area contributed by atoms with Crippen LogP contribution >= 0.6 is 0 Å². The maximum absolute atomic E-state index is 13.3. The SMILES string of the molecule is O=C(C1CC1)N(c1ccccn1)C(CCc1ccccc1)C1CCCNC1. The van der Waals surface area contributed by atoms with Gasteiger partial charge < -0.3 is 5.32 Å². The maximum atomic E-state index is 13.3. The number of hydrogen-bond donors (Lipinski definition) is 1. The van der Waals surface area contributed by atoms with E-state index in [1.165, 1.54) is 18.4 Å². The third-order valence-corrected chi connectivity index (χ3v) is 5.84. The second-order valence-electron chi connectivity index (χ2n) is 7.87. The van der Waals surface area contributed by atoms with E-state index < -0.39 is 0 Å². The molecule has 2 aliphatic rings. The average Bonchev–Trinajstić information content (AvgIpc) is 3.58. The molecular formula is C23H29N3O. The minimum absolute atomic E-state index is 0.195. The largest absolute Gasteiger partial charge is 0.316 e. The van der Waals surface area contributed by atoms with Crippen LogP contribution in [-0.4, -0.2) is 30.0 Å². The molecule has 1 saturated heterocycles. The zero-order chi connectivity index (χ0) is 18.5. The number of aromatic nitrogens is 1. The van der Waals surface area contributed by atoms with Crippen molar-refractivity contribution in [2.24, 2.45) is 11.8 Å². The van der Waals surface area contributed by atoms with E-state index in [0.29, 0.717) is 5.92 Å². The van der Waals surface area contributed by atoms with Crippen LogP contribution in [0.5, 0.6) is 0 Å². The number of amides is 1. The number of pyridine rings is 1. The van der Waals surface area contributed by atoms with E-state index in [-0.39, 0.29) is 17.9 Å². The molecule has 0 spiro atoms. The number of aryl methyl sites for hydroxylation is 1. The topological polar surface area (TPSA) is 45.2 Å². The fourth-order valence-electron chi connectivity index (χ4n) is 4.21. The molecule has 1 aromatic heterocycles. The number of benzene rings is 1. The van der Waals surface area contributed by atoms with Gasteiger partial charge in [-0.15, -0.1) is 0 Å². The lowest BCUT2D eigenvalue weighted by Gasteiger charge is -2.39. The van der Waals surface area contributed by atoms with Gasteiger partial charge in [0.2, 0.25) is 5.91 Å². The summed E-state index contributed by atoms with van der Waals surface area (Å²) in [5.74, 6) is 1.77. The van der Waals surface area contributed by atoms with Crippen LogP contribution in [0.15, 0.2) is 54.7 Å². The number of rotatable bonds is 7. The molecule has 1 aromatic carbocycles. The average molecular weight is 364 g/mol. The maximum Gasteiger partial charge on any atom is 0.231 e. The Morgan fingerprint density at radius 3 is 2.59 bits per heavy atom. The van der Waals surface area contributed by atoms with Gasteiger partial charge in [-0.2, -0.15) is 0 Å². The van der Waals surface area contributed by atoms with E-state index in [4.69, 9.17) is 0 Å². The van der Waals surface area contributed by atoms with Crippen LogP contribution in [0, 0.1) is 11.8 Å². The summed E-state index contributed by atoms with van der Waals surface area (Å²) >= 11 is 0. The third kappa shape index (κ3) is 4.56. The lowest BCUT2D eigenvalue weighted by molar-refractivity contribution is -0.120. The highest BCUT2D eigenvalue weighted by atomic mass is 16.2. The molecule has 2 atom stereocenters. The lowest BCUT2D eigenvalue weighted by atomic mass is 9.86. The monoisotopic (exact) mass is 363 g/mol. The molecule has 0 radical (unpaired) electrons. The van der Waals surface area contributed by atoms with E-state index in [0.717, 1.165) is 44.6 Å². The van der Waals surface area contributed by atoms with Gasteiger partial charge in [0.05, 0.1) is 0 Å². The first-order valence-corrected chi connectivity index (χ1v) is 10.3. The molecule has 4 rings (SSSR count). The second kappa shape index (κ2) is 8.66. The number of piperidine rings is 1. The van der Waals surface area contributed by atoms with E-state index in [2.05, 4.69) is 45.5 Å². The Morgan fingerprint density at radius 1 is 1.11 bits per heavy atom. The van der Waals surface area contributed by atoms with Crippen LogP contribution < -0.4 is 10.2 Å². The lowest BCUT2D eigenvalue weighted by Crippen LogP contribution is -2.50. The Morgan fingerprint density at radius 2 is 1.93 bits per heavy atom. The molecule has 2 aromatic rings. The van der Waals surface area contributed by atoms with Gasteiger partial charge in [0.15, 0.2) is 0 Å². The van der Waals surface area contributed by atoms with Gasteiger partial charge >= 0.3 is 0 Å². The van der Waals surface area contributed by atoms with E-state index in [1.54, 1.807) is 6.20 Å². The summed E-state index contributed by atoms with van der Waals surface area (Å²) in [6, 6.07) is 16.7. The molecule has 1 saturated carbocycles. The normalized spacial score (nSPS) is 20.8. The summed E-state index contributed by atoms with van der Waals surface area (Å²) in [7, 11) is 0. The van der Waals surface area contributed by atoms with Crippen molar-refractivity contribution in [2.45, 2.75) is 44.6 Å². The van der Waals surface area contributed by atoms with E-state index in [1.807, 2.05) is 18.2 Å². The Hall–Kier alpha value is -2.20. The van der Waals surface area contributed by atoms with Crippen LogP contribution in [0.4, 0.5) is 5.82 Å². The Kier molecular flexibility index (Phi) is 5.83. The summed E-state index contributed by atoms with van der Waals surface area (Å²) in [5.41, 5.74) is 1.34. The minimum atomic E-state index is 0.195. The summed E-state index contributed by atoms with van der Waals surface area (Å²) in [5, 5.41) is 3.55. The number of carbonyl (C=O) groups is 1. The fourth-order valence-corrected chi connectivity index (χ4v) is 4.21. The Balaban J connectivity index is 1.61. The number of anilines is 1. The third-order valence-electron chi connectivity index (χ3n) is 5.84. The zero-order valence-corrected chi connectivity index (χ0v) is 15.9. The second-order valence-corrected chi connectivity index (χ2v) is 7.87. The van der Waals surface area contributed by atoms with Gasteiger partial charge in [-0.3, -0.25) is 9.69 Å². The predicted molar refractivity (Wildman–Crippen MR) is 109 cm³/mol. The van der Waals surface area contributed by atoms with Gasteiger partial charge in [0.25, 0.3) is 0 Å². The number of nitrogens with one attached hydrogen (secondary N) is 1. The van der Waals surface area contributed by atoms with Crippen molar-refractivity contribution in [3.63, 3.8) is 0 Å². The van der Waals surface area contributed by atoms with Crippen LogP contribution in [0.1, 0.15) is 37.7 Å². The molecule has 2 fully saturated rings. The molecule has 4 nitrogen and oxygen atoms in total.